The fourth-order valence-electron chi connectivity index (χ4n) is 5.89. The smallest absolute Gasteiger partial charge is 0.306 e. The van der Waals surface area contributed by atoms with E-state index in [0.29, 0.717) is 12.8 Å². The zero-order chi connectivity index (χ0) is 36.8. The molecule has 0 aromatic heterocycles. The zero-order valence-electron chi connectivity index (χ0n) is 32.5. The van der Waals surface area contributed by atoms with Crippen molar-refractivity contribution < 1.29 is 28.6 Å². The standard InChI is InChI=1S/C42H78N2O6/c1-3-5-7-9-11-13-15-17-19-21-23-25-27-29-31-33-39(45)49-38(37-48-36-35-43)41(42(44)47)50-40(46)34-32-30-28-26-24-22-20-18-16-14-12-10-8-6-4-2/h17-20,38,41H,3-16,21-37,43H2,1-2H3,(H2,44,47)/b19-17-,20-18-. The Balaban J connectivity index is 4.24. The molecule has 0 aliphatic rings. The number of unbranched alkanes of at least 4 members (excludes halogenated alkanes) is 22. The highest BCUT2D eigenvalue weighted by Crippen LogP contribution is 2.15. The minimum Gasteiger partial charge on any atom is -0.455 e. The Morgan fingerprint density at radius 3 is 1.26 bits per heavy atom. The van der Waals surface area contributed by atoms with Crippen molar-refractivity contribution >= 4 is 17.8 Å². The molecule has 0 aromatic rings. The lowest BCUT2D eigenvalue weighted by Crippen LogP contribution is -2.47. The molecule has 0 aromatic carbocycles. The maximum Gasteiger partial charge on any atom is 0.306 e. The molecule has 2 atom stereocenters. The average Bonchev–Trinajstić information content (AvgIpc) is 3.10. The van der Waals surface area contributed by atoms with Gasteiger partial charge in [0.25, 0.3) is 5.91 Å². The van der Waals surface area contributed by atoms with Crippen LogP contribution in [0.3, 0.4) is 0 Å². The zero-order valence-corrected chi connectivity index (χ0v) is 32.5. The summed E-state index contributed by atoms with van der Waals surface area (Å²) in [7, 11) is 0. The number of hydrogen-bond acceptors (Lipinski definition) is 7. The van der Waals surface area contributed by atoms with Crippen molar-refractivity contribution in [3.05, 3.63) is 24.3 Å². The van der Waals surface area contributed by atoms with E-state index in [9.17, 15) is 14.4 Å². The molecule has 0 aliphatic heterocycles. The third-order valence-corrected chi connectivity index (χ3v) is 8.99. The molecule has 0 bridgehead atoms. The highest BCUT2D eigenvalue weighted by atomic mass is 16.6. The van der Waals surface area contributed by atoms with Crippen LogP contribution in [0.2, 0.25) is 0 Å². The Morgan fingerprint density at radius 1 is 0.520 bits per heavy atom. The monoisotopic (exact) mass is 707 g/mol. The lowest BCUT2D eigenvalue weighted by Gasteiger charge is -2.25. The molecule has 4 N–H and O–H groups in total. The van der Waals surface area contributed by atoms with Crippen molar-refractivity contribution in [3.63, 3.8) is 0 Å². The van der Waals surface area contributed by atoms with Gasteiger partial charge in [-0.05, 0) is 64.2 Å². The van der Waals surface area contributed by atoms with Gasteiger partial charge in [0.15, 0.2) is 6.10 Å². The first-order valence-corrected chi connectivity index (χ1v) is 20.7. The summed E-state index contributed by atoms with van der Waals surface area (Å²) in [6.07, 6.45) is 37.5. The van der Waals surface area contributed by atoms with Gasteiger partial charge in [-0.15, -0.1) is 0 Å². The van der Waals surface area contributed by atoms with Gasteiger partial charge in [-0.1, -0.05) is 141 Å². The van der Waals surface area contributed by atoms with E-state index in [1.54, 1.807) is 0 Å². The van der Waals surface area contributed by atoms with Crippen molar-refractivity contribution in [3.8, 4) is 0 Å². The molecule has 0 aliphatic carbocycles. The van der Waals surface area contributed by atoms with Gasteiger partial charge in [-0.25, -0.2) is 0 Å². The topological polar surface area (TPSA) is 131 Å². The van der Waals surface area contributed by atoms with E-state index >= 15 is 0 Å². The van der Waals surface area contributed by atoms with Crippen molar-refractivity contribution in [2.24, 2.45) is 11.5 Å². The Hall–Kier alpha value is -2.19. The minimum atomic E-state index is -1.40. The van der Waals surface area contributed by atoms with Crippen LogP contribution in [0.15, 0.2) is 24.3 Å². The second kappa shape index (κ2) is 38.1. The Labute approximate surface area is 307 Å². The van der Waals surface area contributed by atoms with Crippen LogP contribution in [0.4, 0.5) is 0 Å². The molecule has 0 saturated carbocycles. The van der Waals surface area contributed by atoms with Crippen LogP contribution in [-0.2, 0) is 28.6 Å². The highest BCUT2D eigenvalue weighted by molar-refractivity contribution is 5.83. The molecule has 0 fully saturated rings. The van der Waals surface area contributed by atoms with Gasteiger partial charge in [-0.2, -0.15) is 0 Å². The quantitative estimate of drug-likeness (QED) is 0.0371. The van der Waals surface area contributed by atoms with Gasteiger partial charge in [0.1, 0.15) is 0 Å². The number of amides is 1. The molecule has 8 nitrogen and oxygen atoms in total. The SMILES string of the molecule is CCCCCCCC/C=C\CCCCCCCC(=O)OC(COCCN)C(OC(=O)CCCCCCC/C=C\CCCCCCCC)C(N)=O. The molecule has 2 unspecified atom stereocenters. The number of carbonyl (C=O) groups is 3. The molecule has 0 heterocycles. The number of hydrogen-bond donors (Lipinski definition) is 2. The van der Waals surface area contributed by atoms with Crippen LogP contribution < -0.4 is 11.5 Å². The summed E-state index contributed by atoms with van der Waals surface area (Å²) in [6.45, 7) is 4.87. The lowest BCUT2D eigenvalue weighted by molar-refractivity contribution is -0.176. The maximum atomic E-state index is 12.7. The molecule has 0 rings (SSSR count). The van der Waals surface area contributed by atoms with E-state index in [0.717, 1.165) is 64.2 Å². The number of esters is 2. The van der Waals surface area contributed by atoms with Gasteiger partial charge < -0.3 is 25.7 Å². The molecule has 0 radical (unpaired) electrons. The van der Waals surface area contributed by atoms with Crippen LogP contribution >= 0.6 is 0 Å². The summed E-state index contributed by atoms with van der Waals surface area (Å²) >= 11 is 0. The highest BCUT2D eigenvalue weighted by Gasteiger charge is 2.33. The molecular formula is C42H78N2O6. The van der Waals surface area contributed by atoms with Crippen LogP contribution in [-0.4, -0.2) is 49.8 Å². The predicted octanol–water partition coefficient (Wildman–Crippen LogP) is 10.3. The molecule has 50 heavy (non-hydrogen) atoms. The fraction of sp³-hybridized carbons (Fsp3) is 0.833. The normalized spacial score (nSPS) is 12.9. The van der Waals surface area contributed by atoms with Crippen molar-refractivity contribution in [1.82, 2.24) is 0 Å². The summed E-state index contributed by atoms with van der Waals surface area (Å²) < 4.78 is 16.5. The second-order valence-electron chi connectivity index (χ2n) is 13.9. The minimum absolute atomic E-state index is 0.121. The van der Waals surface area contributed by atoms with Gasteiger partial charge in [0.2, 0.25) is 6.10 Å². The summed E-state index contributed by atoms with van der Waals surface area (Å²) in [5.74, 6) is -1.84. The average molecular weight is 707 g/mol. The number of carbonyl (C=O) groups excluding carboxylic acids is 3. The predicted molar refractivity (Wildman–Crippen MR) is 208 cm³/mol. The third-order valence-electron chi connectivity index (χ3n) is 8.99. The number of primary amides is 1. The molecule has 292 valence electrons. The van der Waals surface area contributed by atoms with E-state index in [1.165, 1.54) is 89.9 Å². The van der Waals surface area contributed by atoms with Crippen LogP contribution in [0, 0.1) is 0 Å². The van der Waals surface area contributed by atoms with Crippen molar-refractivity contribution in [1.29, 1.82) is 0 Å². The Bertz CT molecular complexity index is 846. The number of nitrogens with two attached hydrogens (primary N) is 2. The van der Waals surface area contributed by atoms with E-state index in [4.69, 9.17) is 25.7 Å². The van der Waals surface area contributed by atoms with E-state index in [2.05, 4.69) is 38.2 Å². The van der Waals surface area contributed by atoms with Crippen LogP contribution in [0.25, 0.3) is 0 Å². The molecule has 1 amide bonds. The Kier molecular flexibility index (Phi) is 36.4. The Morgan fingerprint density at radius 2 is 0.880 bits per heavy atom. The summed E-state index contributed by atoms with van der Waals surface area (Å²) in [5, 5.41) is 0. The maximum absolute atomic E-state index is 12.7. The van der Waals surface area contributed by atoms with Crippen molar-refractivity contribution in [2.75, 3.05) is 19.8 Å². The van der Waals surface area contributed by atoms with Crippen LogP contribution in [0.1, 0.15) is 194 Å². The number of rotatable bonds is 38. The second-order valence-corrected chi connectivity index (χ2v) is 13.9. The molecule has 8 heteroatoms. The summed E-state index contributed by atoms with van der Waals surface area (Å²) in [4.78, 5) is 37.5. The first kappa shape index (κ1) is 47.8. The van der Waals surface area contributed by atoms with Crippen molar-refractivity contribution in [2.45, 2.75) is 206 Å². The summed E-state index contributed by atoms with van der Waals surface area (Å²) in [5.41, 5.74) is 11.1. The molecular weight excluding hydrogens is 628 g/mol. The van der Waals surface area contributed by atoms with E-state index in [1.807, 2.05) is 0 Å². The van der Waals surface area contributed by atoms with Crippen LogP contribution in [0.5, 0.6) is 0 Å². The largest absolute Gasteiger partial charge is 0.455 e. The summed E-state index contributed by atoms with van der Waals surface area (Å²) in [6, 6.07) is 0. The van der Waals surface area contributed by atoms with Gasteiger partial charge in [0.05, 0.1) is 13.2 Å². The lowest BCUT2D eigenvalue weighted by atomic mass is 10.1. The fourth-order valence-corrected chi connectivity index (χ4v) is 5.89. The van der Waals surface area contributed by atoms with Gasteiger partial charge >= 0.3 is 11.9 Å². The third kappa shape index (κ3) is 33.0. The first-order chi connectivity index (χ1) is 24.5. The van der Waals surface area contributed by atoms with Gasteiger partial charge in [-0.3, -0.25) is 14.4 Å². The number of allylic oxidation sites excluding steroid dienone is 4. The molecule has 0 spiro atoms. The van der Waals surface area contributed by atoms with E-state index < -0.39 is 30.1 Å². The first-order valence-electron chi connectivity index (χ1n) is 20.7. The van der Waals surface area contributed by atoms with Gasteiger partial charge in [0, 0.05) is 19.4 Å². The van der Waals surface area contributed by atoms with E-state index in [-0.39, 0.29) is 32.6 Å². The molecule has 0 saturated heterocycles. The number of ether oxygens (including phenoxy) is 3.